The third-order valence-electron chi connectivity index (χ3n) is 11.8. The number of quaternary nitrogens is 1. The van der Waals surface area contributed by atoms with Gasteiger partial charge in [0.2, 0.25) is 55.7 Å². The number of aromatic nitrogens is 6. The van der Waals surface area contributed by atoms with Gasteiger partial charge in [-0.25, -0.2) is 26.3 Å². The van der Waals surface area contributed by atoms with Crippen molar-refractivity contribution in [2.45, 2.75) is 22.6 Å². The van der Waals surface area contributed by atoms with Gasteiger partial charge in [-0.2, -0.15) is 29.9 Å². The summed E-state index contributed by atoms with van der Waals surface area (Å²) in [5, 5.41) is 13.0. The predicted octanol–water partition coefficient (Wildman–Crippen LogP) is 5.48. The molecule has 6 aromatic rings. The van der Waals surface area contributed by atoms with Crippen LogP contribution in [0.1, 0.15) is 24.0 Å². The number of hydrogen-bond donors (Lipinski definition) is 6. The van der Waals surface area contributed by atoms with Crippen molar-refractivity contribution < 1.29 is 30.8 Å². The van der Waals surface area contributed by atoms with Gasteiger partial charge in [0.1, 0.15) is 0 Å². The number of morpholine rings is 2. The fraction of sp³-hybridized carbons (Fsp3) is 0.373. The van der Waals surface area contributed by atoms with E-state index >= 15 is 0 Å². The SMILES string of the molecule is CN(C)CCCNS(=O)(=O)c1cc(Nc2nc(Nc3ccccc3)nc(N3CCOCC3)n2)ccc1/C=C/c1ccc(Nc2nc(Nc3ccccc3)nc(N3CCOCC3)n2)cc1S(=O)(=O)NCCC[N+](C)(C)C. The first-order valence-electron chi connectivity index (χ1n) is 24.8. The van der Waals surface area contributed by atoms with Crippen molar-refractivity contribution in [2.24, 2.45) is 0 Å². The number of para-hydroxylation sites is 2. The van der Waals surface area contributed by atoms with Crippen molar-refractivity contribution in [3.8, 4) is 0 Å². The third kappa shape index (κ3) is 16.1. The van der Waals surface area contributed by atoms with E-state index < -0.39 is 20.0 Å². The van der Waals surface area contributed by atoms with Crippen LogP contribution < -0.4 is 40.5 Å². The summed E-state index contributed by atoms with van der Waals surface area (Å²) in [6.07, 6.45) is 4.35. The summed E-state index contributed by atoms with van der Waals surface area (Å²) in [6.45, 7) is 6.15. The number of sulfonamides is 2. The average molecular weight is 1060 g/mol. The number of rotatable bonds is 24. The second kappa shape index (κ2) is 25.1. The Labute approximate surface area is 439 Å². The molecule has 2 aliphatic rings. The molecule has 2 aromatic heterocycles. The van der Waals surface area contributed by atoms with E-state index in [0.717, 1.165) is 17.9 Å². The molecule has 0 amide bonds. The summed E-state index contributed by atoms with van der Waals surface area (Å²) in [5.41, 5.74) is 2.94. The molecule has 0 aliphatic carbocycles. The normalized spacial score (nSPS) is 14.6. The zero-order valence-electron chi connectivity index (χ0n) is 43.0. The fourth-order valence-electron chi connectivity index (χ4n) is 7.98. The Kier molecular flexibility index (Phi) is 18.2. The topological polar surface area (TPSA) is 246 Å². The Morgan fingerprint density at radius 1 is 0.533 bits per heavy atom. The minimum atomic E-state index is -4.15. The average Bonchev–Trinajstić information content (AvgIpc) is 3.39. The van der Waals surface area contributed by atoms with Gasteiger partial charge >= 0.3 is 0 Å². The van der Waals surface area contributed by atoms with Gasteiger partial charge in [-0.1, -0.05) is 60.7 Å². The first-order valence-corrected chi connectivity index (χ1v) is 27.8. The Morgan fingerprint density at radius 3 is 1.31 bits per heavy atom. The van der Waals surface area contributed by atoms with Gasteiger partial charge in [-0.3, -0.25) is 0 Å². The van der Waals surface area contributed by atoms with Gasteiger partial charge in [-0.05, 0) is 86.7 Å². The molecular formula is C51H67N16O6S2+. The van der Waals surface area contributed by atoms with E-state index in [9.17, 15) is 16.8 Å². The standard InChI is InChI=1S/C51H67N16O6S2/c1-64(2)26-12-24-52-74(68,69)44-36-42(56-48-58-46(54-40-14-8-6-9-15-40)60-50(62-48)65-27-32-72-33-28-65)22-20-38(44)18-19-39-21-23-43(37-45(39)75(70,71)53-25-13-31-67(3,4)5)57-49-59-47(55-41-16-10-7-11-17-41)61-51(63-49)66-29-34-73-35-30-66/h6-11,14-23,36-37,52-53H,12-13,24-35H2,1-5H3,(H2,54,56,58,60,62)(H2,55,57,59,61,63)/q+1/b19-18+. The highest BCUT2D eigenvalue weighted by Gasteiger charge is 2.24. The number of hydrogen-bond acceptors (Lipinski definition) is 19. The number of nitrogens with one attached hydrogen (secondary N) is 6. The van der Waals surface area contributed by atoms with Gasteiger partial charge in [0.25, 0.3) is 0 Å². The van der Waals surface area contributed by atoms with Gasteiger partial charge < -0.3 is 49.9 Å². The molecule has 2 aliphatic heterocycles. The summed E-state index contributed by atoms with van der Waals surface area (Å²) >= 11 is 0. The minimum absolute atomic E-state index is 0.0468. The number of ether oxygens (including phenoxy) is 2. The maximum absolute atomic E-state index is 14.4. The molecule has 6 N–H and O–H groups in total. The molecule has 0 saturated carbocycles. The monoisotopic (exact) mass is 1060 g/mol. The van der Waals surface area contributed by atoms with Crippen molar-refractivity contribution in [1.82, 2.24) is 44.2 Å². The lowest BCUT2D eigenvalue weighted by atomic mass is 10.1. The summed E-state index contributed by atoms with van der Waals surface area (Å²) in [6, 6.07) is 28.8. The Morgan fingerprint density at radius 2 is 0.920 bits per heavy atom. The third-order valence-corrected chi connectivity index (χ3v) is 14.9. The fourth-order valence-corrected chi connectivity index (χ4v) is 10.6. The summed E-state index contributed by atoms with van der Waals surface area (Å²) < 4.78 is 74.9. The molecule has 0 atom stereocenters. The molecule has 75 heavy (non-hydrogen) atoms. The van der Waals surface area contributed by atoms with Crippen LogP contribution in [-0.4, -0.2) is 170 Å². The highest BCUT2D eigenvalue weighted by Crippen LogP contribution is 2.30. The summed E-state index contributed by atoms with van der Waals surface area (Å²) in [5.74, 6) is 1.81. The van der Waals surface area contributed by atoms with E-state index in [1.165, 1.54) is 12.1 Å². The largest absolute Gasteiger partial charge is 0.378 e. The van der Waals surface area contributed by atoms with Gasteiger partial charge in [0.15, 0.2) is 0 Å². The van der Waals surface area contributed by atoms with Crippen LogP contribution in [0.25, 0.3) is 12.2 Å². The second-order valence-electron chi connectivity index (χ2n) is 19.2. The van der Waals surface area contributed by atoms with Crippen molar-refractivity contribution in [3.63, 3.8) is 0 Å². The van der Waals surface area contributed by atoms with Crippen LogP contribution in [0.4, 0.5) is 58.4 Å². The van der Waals surface area contributed by atoms with Crippen LogP contribution in [0.15, 0.2) is 107 Å². The first-order chi connectivity index (χ1) is 36.0. The zero-order valence-corrected chi connectivity index (χ0v) is 44.7. The van der Waals surface area contributed by atoms with Crippen molar-refractivity contribution >= 4 is 90.6 Å². The first kappa shape index (κ1) is 54.4. The molecule has 4 aromatic carbocycles. The second-order valence-corrected chi connectivity index (χ2v) is 22.6. The highest BCUT2D eigenvalue weighted by molar-refractivity contribution is 7.89. The van der Waals surface area contributed by atoms with Crippen molar-refractivity contribution in [1.29, 1.82) is 0 Å². The Hall–Kier alpha value is -6.90. The molecular weight excluding hydrogens is 997 g/mol. The molecule has 24 heteroatoms. The number of anilines is 10. The molecule has 0 unspecified atom stereocenters. The molecule has 4 heterocycles. The van der Waals surface area contributed by atoms with Crippen LogP contribution in [0.3, 0.4) is 0 Å². The Bertz CT molecular complexity index is 3100. The van der Waals surface area contributed by atoms with Crippen LogP contribution in [0.5, 0.6) is 0 Å². The minimum Gasteiger partial charge on any atom is -0.378 e. The Balaban J connectivity index is 1.14. The van der Waals surface area contributed by atoms with Crippen LogP contribution in [-0.2, 0) is 29.5 Å². The predicted molar refractivity (Wildman–Crippen MR) is 295 cm³/mol. The van der Waals surface area contributed by atoms with Crippen LogP contribution >= 0.6 is 0 Å². The molecule has 2 saturated heterocycles. The molecule has 398 valence electrons. The van der Waals surface area contributed by atoms with Gasteiger partial charge in [0, 0.05) is 68.4 Å². The lowest BCUT2D eigenvalue weighted by Gasteiger charge is -2.27. The van der Waals surface area contributed by atoms with E-state index in [1.54, 1.807) is 36.4 Å². The van der Waals surface area contributed by atoms with E-state index in [-0.39, 0.29) is 34.8 Å². The molecule has 22 nitrogen and oxygen atoms in total. The maximum atomic E-state index is 14.4. The van der Waals surface area contributed by atoms with E-state index in [0.29, 0.717) is 123 Å². The number of benzene rings is 4. The highest BCUT2D eigenvalue weighted by atomic mass is 32.2. The summed E-state index contributed by atoms with van der Waals surface area (Å²) in [7, 11) is 1.68. The van der Waals surface area contributed by atoms with Crippen LogP contribution in [0.2, 0.25) is 0 Å². The lowest BCUT2D eigenvalue weighted by Crippen LogP contribution is -2.37. The lowest BCUT2D eigenvalue weighted by molar-refractivity contribution is -0.870. The van der Waals surface area contributed by atoms with E-state index in [4.69, 9.17) is 29.4 Å². The smallest absolute Gasteiger partial charge is 0.241 e. The van der Waals surface area contributed by atoms with E-state index in [1.807, 2.05) is 111 Å². The summed E-state index contributed by atoms with van der Waals surface area (Å²) in [4.78, 5) is 34.1. The van der Waals surface area contributed by atoms with Gasteiger partial charge in [0.05, 0.1) is 63.9 Å². The molecule has 8 rings (SSSR count). The molecule has 2 fully saturated rings. The molecule has 0 radical (unpaired) electrons. The van der Waals surface area contributed by atoms with Crippen molar-refractivity contribution in [2.75, 3.05) is 145 Å². The maximum Gasteiger partial charge on any atom is 0.241 e. The molecule has 0 spiro atoms. The van der Waals surface area contributed by atoms with E-state index in [2.05, 4.69) is 40.7 Å². The quantitative estimate of drug-likeness (QED) is 0.0250. The van der Waals surface area contributed by atoms with Crippen LogP contribution in [0, 0.1) is 0 Å². The van der Waals surface area contributed by atoms with Crippen molar-refractivity contribution in [3.05, 3.63) is 108 Å². The van der Waals surface area contributed by atoms with Gasteiger partial charge in [-0.15, -0.1) is 0 Å². The number of nitrogens with zero attached hydrogens (tertiary/aromatic N) is 10. The molecule has 0 bridgehead atoms. The zero-order chi connectivity index (χ0) is 52.8.